The topological polar surface area (TPSA) is 70.2 Å². The first-order valence-corrected chi connectivity index (χ1v) is 8.89. The lowest BCUT2D eigenvalue weighted by molar-refractivity contribution is 0.0949. The van der Waals surface area contributed by atoms with Gasteiger partial charge in [-0.3, -0.25) is 9.78 Å². The molecule has 130 valence electrons. The van der Waals surface area contributed by atoms with Crippen LogP contribution in [0.1, 0.15) is 16.1 Å². The van der Waals surface area contributed by atoms with Crippen LogP contribution in [0.5, 0.6) is 0 Å². The van der Waals surface area contributed by atoms with Gasteiger partial charge in [-0.05, 0) is 23.8 Å². The number of rotatable bonds is 5. The lowest BCUT2D eigenvalue weighted by Gasteiger charge is -2.18. The predicted molar refractivity (Wildman–Crippen MR) is 96.6 cm³/mol. The number of hydrogen-bond donors (Lipinski definition) is 2. The molecule has 0 aliphatic carbocycles. The summed E-state index contributed by atoms with van der Waals surface area (Å²) in [6.07, 6.45) is 4.11. The normalized spacial score (nSPS) is 22.0. The molecule has 0 bridgehead atoms. The first-order valence-electron chi connectivity index (χ1n) is 8.89. The Balaban J connectivity index is 1.35. The zero-order valence-corrected chi connectivity index (χ0v) is 14.2. The number of amides is 1. The van der Waals surface area contributed by atoms with Crippen LogP contribution in [0.2, 0.25) is 0 Å². The van der Waals surface area contributed by atoms with Crippen LogP contribution in [0.4, 0.5) is 5.82 Å². The lowest BCUT2D eigenvalue weighted by atomic mass is 10.0. The van der Waals surface area contributed by atoms with E-state index in [9.17, 15) is 4.79 Å². The van der Waals surface area contributed by atoms with Crippen molar-refractivity contribution in [1.82, 2.24) is 20.6 Å². The van der Waals surface area contributed by atoms with E-state index in [1.165, 1.54) is 5.56 Å². The molecule has 2 aromatic rings. The molecule has 0 radical (unpaired) electrons. The third kappa shape index (κ3) is 3.64. The molecular formula is C19H23N5O. The molecule has 1 amide bonds. The van der Waals surface area contributed by atoms with Crippen LogP contribution in [0.3, 0.4) is 0 Å². The maximum absolute atomic E-state index is 12.4. The van der Waals surface area contributed by atoms with Gasteiger partial charge >= 0.3 is 0 Å². The summed E-state index contributed by atoms with van der Waals surface area (Å²) in [5.41, 5.74) is 1.60. The van der Waals surface area contributed by atoms with E-state index in [1.54, 1.807) is 12.4 Å². The van der Waals surface area contributed by atoms with Crippen LogP contribution in [-0.2, 0) is 6.42 Å². The zero-order chi connectivity index (χ0) is 17.1. The highest BCUT2D eigenvalue weighted by Gasteiger charge is 2.36. The zero-order valence-electron chi connectivity index (χ0n) is 14.2. The summed E-state index contributed by atoms with van der Waals surface area (Å²) in [6.45, 7) is 4.73. The molecule has 2 N–H and O–H groups in total. The Morgan fingerprint density at radius 2 is 1.92 bits per heavy atom. The van der Waals surface area contributed by atoms with Gasteiger partial charge in [0.1, 0.15) is 11.5 Å². The molecule has 1 aromatic carbocycles. The maximum Gasteiger partial charge on any atom is 0.271 e. The third-order valence-electron chi connectivity index (χ3n) is 5.11. The van der Waals surface area contributed by atoms with Gasteiger partial charge in [-0.1, -0.05) is 30.3 Å². The van der Waals surface area contributed by atoms with Crippen LogP contribution < -0.4 is 15.5 Å². The monoisotopic (exact) mass is 337 g/mol. The van der Waals surface area contributed by atoms with Crippen molar-refractivity contribution in [3.63, 3.8) is 0 Å². The van der Waals surface area contributed by atoms with Gasteiger partial charge in [0.2, 0.25) is 0 Å². The number of carbonyl (C=O) groups excluding carboxylic acids is 1. The van der Waals surface area contributed by atoms with Crippen molar-refractivity contribution in [2.24, 2.45) is 11.8 Å². The highest BCUT2D eigenvalue weighted by molar-refractivity contribution is 5.92. The fourth-order valence-electron chi connectivity index (χ4n) is 3.72. The molecule has 0 unspecified atom stereocenters. The molecule has 2 saturated heterocycles. The van der Waals surface area contributed by atoms with E-state index in [2.05, 4.69) is 37.6 Å². The number of aromatic nitrogens is 2. The predicted octanol–water partition coefficient (Wildman–Crippen LogP) is 1.10. The molecular weight excluding hydrogens is 314 g/mol. The van der Waals surface area contributed by atoms with Crippen molar-refractivity contribution < 1.29 is 4.79 Å². The number of nitrogens with zero attached hydrogens (tertiary/aromatic N) is 3. The van der Waals surface area contributed by atoms with Gasteiger partial charge in [-0.15, -0.1) is 0 Å². The minimum absolute atomic E-state index is 0.161. The van der Waals surface area contributed by atoms with E-state index in [1.807, 2.05) is 18.2 Å². The highest BCUT2D eigenvalue weighted by atomic mass is 16.1. The molecule has 2 aliphatic heterocycles. The summed E-state index contributed by atoms with van der Waals surface area (Å²) < 4.78 is 0. The first-order chi connectivity index (χ1) is 12.3. The summed E-state index contributed by atoms with van der Waals surface area (Å²) in [5.74, 6) is 2.02. The molecule has 0 saturated carbocycles. The molecule has 4 rings (SSSR count). The minimum Gasteiger partial charge on any atom is -0.355 e. The molecule has 6 nitrogen and oxygen atoms in total. The van der Waals surface area contributed by atoms with Crippen molar-refractivity contribution in [2.45, 2.75) is 6.42 Å². The second kappa shape index (κ2) is 7.19. The van der Waals surface area contributed by atoms with Gasteiger partial charge in [0.05, 0.1) is 12.4 Å². The van der Waals surface area contributed by atoms with E-state index in [0.29, 0.717) is 24.1 Å². The summed E-state index contributed by atoms with van der Waals surface area (Å²) in [7, 11) is 0. The summed E-state index contributed by atoms with van der Waals surface area (Å²) in [4.78, 5) is 23.4. The SMILES string of the molecule is O=C(NCCc1ccccc1)c1cncc(N2C[C@H]3CNC[C@H]3C2)n1. The average molecular weight is 337 g/mol. The Hall–Kier alpha value is -2.47. The smallest absolute Gasteiger partial charge is 0.271 e. The number of fused-ring (bicyclic) bond motifs is 1. The molecule has 3 heterocycles. The molecule has 25 heavy (non-hydrogen) atoms. The molecule has 2 atom stereocenters. The van der Waals surface area contributed by atoms with Crippen molar-refractivity contribution in [2.75, 3.05) is 37.6 Å². The van der Waals surface area contributed by atoms with Crippen LogP contribution >= 0.6 is 0 Å². The van der Waals surface area contributed by atoms with E-state index in [4.69, 9.17) is 0 Å². The van der Waals surface area contributed by atoms with Gasteiger partial charge < -0.3 is 15.5 Å². The fourth-order valence-corrected chi connectivity index (χ4v) is 3.72. The summed E-state index contributed by atoms with van der Waals surface area (Å²) in [5, 5.41) is 6.37. The Labute approximate surface area is 147 Å². The average Bonchev–Trinajstić information content (AvgIpc) is 3.25. The van der Waals surface area contributed by atoms with Gasteiger partial charge in [0.25, 0.3) is 5.91 Å². The van der Waals surface area contributed by atoms with Gasteiger partial charge in [0, 0.05) is 32.7 Å². The van der Waals surface area contributed by atoms with Crippen LogP contribution in [0, 0.1) is 11.8 Å². The minimum atomic E-state index is -0.161. The Kier molecular flexibility index (Phi) is 4.61. The highest BCUT2D eigenvalue weighted by Crippen LogP contribution is 2.29. The van der Waals surface area contributed by atoms with Gasteiger partial charge in [-0.2, -0.15) is 0 Å². The molecule has 2 fully saturated rings. The Bertz CT molecular complexity index is 724. The van der Waals surface area contributed by atoms with Crippen molar-refractivity contribution in [3.8, 4) is 0 Å². The largest absolute Gasteiger partial charge is 0.355 e. The Morgan fingerprint density at radius 3 is 2.68 bits per heavy atom. The summed E-state index contributed by atoms with van der Waals surface area (Å²) >= 11 is 0. The number of nitrogens with one attached hydrogen (secondary N) is 2. The lowest BCUT2D eigenvalue weighted by Crippen LogP contribution is -2.29. The second-order valence-corrected chi connectivity index (χ2v) is 6.84. The summed E-state index contributed by atoms with van der Waals surface area (Å²) in [6, 6.07) is 10.1. The standard InChI is InChI=1S/C19H23N5O/c25-19(22-7-6-14-4-2-1-3-5-14)17-10-21-11-18(23-17)24-12-15-8-20-9-16(15)13-24/h1-5,10-11,15-16,20H,6-9,12-13H2,(H,22,25)/t15-,16+. The molecule has 6 heteroatoms. The molecule has 1 aromatic heterocycles. The van der Waals surface area contributed by atoms with Gasteiger partial charge in [-0.25, -0.2) is 4.98 Å². The van der Waals surface area contributed by atoms with E-state index < -0.39 is 0 Å². The van der Waals surface area contributed by atoms with Crippen LogP contribution in [0.15, 0.2) is 42.7 Å². The van der Waals surface area contributed by atoms with Crippen LogP contribution in [-0.4, -0.2) is 48.6 Å². The first kappa shape index (κ1) is 16.0. The fraction of sp³-hybridized carbons (Fsp3) is 0.421. The Morgan fingerprint density at radius 1 is 1.16 bits per heavy atom. The molecule has 2 aliphatic rings. The number of carbonyl (C=O) groups is 1. The van der Waals surface area contributed by atoms with Crippen LogP contribution in [0.25, 0.3) is 0 Å². The van der Waals surface area contributed by atoms with E-state index in [-0.39, 0.29) is 5.91 Å². The third-order valence-corrected chi connectivity index (χ3v) is 5.11. The maximum atomic E-state index is 12.4. The van der Waals surface area contributed by atoms with Crippen molar-refractivity contribution >= 4 is 11.7 Å². The molecule has 0 spiro atoms. The van der Waals surface area contributed by atoms with Crippen molar-refractivity contribution in [3.05, 3.63) is 54.0 Å². The number of anilines is 1. The second-order valence-electron chi connectivity index (χ2n) is 6.84. The number of benzene rings is 1. The van der Waals surface area contributed by atoms with E-state index >= 15 is 0 Å². The van der Waals surface area contributed by atoms with Crippen molar-refractivity contribution in [1.29, 1.82) is 0 Å². The van der Waals surface area contributed by atoms with E-state index in [0.717, 1.165) is 38.4 Å². The quantitative estimate of drug-likeness (QED) is 0.855. The number of hydrogen-bond acceptors (Lipinski definition) is 5. The van der Waals surface area contributed by atoms with Gasteiger partial charge in [0.15, 0.2) is 0 Å².